The molecule has 2 N–H and O–H groups in total. The number of aromatic nitrogens is 2. The van der Waals surface area contributed by atoms with Crippen molar-refractivity contribution in [1.82, 2.24) is 14.9 Å². The van der Waals surface area contributed by atoms with Gasteiger partial charge in [-0.2, -0.15) is 0 Å². The van der Waals surface area contributed by atoms with E-state index in [9.17, 15) is 14.7 Å². The second-order valence-corrected chi connectivity index (χ2v) is 7.41. The fraction of sp³-hybridized carbons (Fsp3) is 0.400. The Hall–Kier alpha value is -3.00. The second-order valence-electron chi connectivity index (χ2n) is 7.41. The lowest BCUT2D eigenvalue weighted by molar-refractivity contribution is -0.137. The second kappa shape index (κ2) is 6.87. The summed E-state index contributed by atoms with van der Waals surface area (Å²) in [5.41, 5.74) is 0.542. The van der Waals surface area contributed by atoms with Crippen LogP contribution >= 0.6 is 0 Å². The van der Waals surface area contributed by atoms with Gasteiger partial charge < -0.3 is 14.9 Å². The SMILES string of the molecule is CN1C2CCC1(/C(=C\C(=O)O)C(=O)O)CC(Oc1cnc3ccccc3n1)C2. The Morgan fingerprint density at radius 2 is 2.04 bits per heavy atom. The van der Waals surface area contributed by atoms with Gasteiger partial charge in [0.05, 0.1) is 28.3 Å². The summed E-state index contributed by atoms with van der Waals surface area (Å²) in [6.07, 6.45) is 4.62. The van der Waals surface area contributed by atoms with Gasteiger partial charge in [0.2, 0.25) is 5.88 Å². The zero-order chi connectivity index (χ0) is 19.9. The van der Waals surface area contributed by atoms with Crippen LogP contribution in [-0.4, -0.2) is 61.8 Å². The van der Waals surface area contributed by atoms with E-state index in [1.165, 1.54) is 0 Å². The number of carbonyl (C=O) groups is 2. The lowest BCUT2D eigenvalue weighted by Gasteiger charge is -2.45. The molecule has 0 amide bonds. The van der Waals surface area contributed by atoms with Crippen molar-refractivity contribution in [3.05, 3.63) is 42.1 Å². The number of aliphatic carboxylic acids is 2. The summed E-state index contributed by atoms with van der Waals surface area (Å²) in [5, 5.41) is 18.8. The van der Waals surface area contributed by atoms with Crippen LogP contribution in [0.25, 0.3) is 11.0 Å². The summed E-state index contributed by atoms with van der Waals surface area (Å²) in [5.74, 6) is -2.07. The van der Waals surface area contributed by atoms with Gasteiger partial charge >= 0.3 is 11.9 Å². The van der Waals surface area contributed by atoms with E-state index in [1.807, 2.05) is 36.2 Å². The molecule has 2 bridgehead atoms. The van der Waals surface area contributed by atoms with E-state index in [0.29, 0.717) is 18.7 Å². The Kier molecular flexibility index (Phi) is 4.50. The van der Waals surface area contributed by atoms with Crippen molar-refractivity contribution in [2.75, 3.05) is 7.05 Å². The third-order valence-corrected chi connectivity index (χ3v) is 5.93. The van der Waals surface area contributed by atoms with Crippen LogP contribution in [0.1, 0.15) is 25.7 Å². The molecule has 3 atom stereocenters. The maximum absolute atomic E-state index is 11.9. The number of likely N-dealkylation sites (N-methyl/N-ethyl adjacent to an activating group) is 1. The first kappa shape index (κ1) is 18.4. The van der Waals surface area contributed by atoms with Crippen LogP contribution < -0.4 is 4.74 Å². The van der Waals surface area contributed by atoms with Crippen molar-refractivity contribution < 1.29 is 24.5 Å². The van der Waals surface area contributed by atoms with Crippen LogP contribution in [-0.2, 0) is 9.59 Å². The number of nitrogens with zero attached hydrogens (tertiary/aromatic N) is 3. The van der Waals surface area contributed by atoms with Crippen LogP contribution in [0.15, 0.2) is 42.1 Å². The molecule has 146 valence electrons. The van der Waals surface area contributed by atoms with Gasteiger partial charge in [-0.3, -0.25) is 4.90 Å². The number of carboxylic acid groups (broad SMARTS) is 2. The molecule has 4 rings (SSSR count). The Balaban J connectivity index is 1.63. The number of rotatable bonds is 5. The number of ether oxygens (including phenoxy) is 1. The summed E-state index contributed by atoms with van der Waals surface area (Å²) in [6.45, 7) is 0. The summed E-state index contributed by atoms with van der Waals surface area (Å²) >= 11 is 0. The number of carboxylic acids is 2. The molecular formula is C20H21N3O5. The zero-order valence-corrected chi connectivity index (χ0v) is 15.4. The molecule has 3 heterocycles. The van der Waals surface area contributed by atoms with E-state index in [1.54, 1.807) is 6.20 Å². The van der Waals surface area contributed by atoms with Crippen LogP contribution in [0.3, 0.4) is 0 Å². The van der Waals surface area contributed by atoms with Crippen molar-refractivity contribution in [3.63, 3.8) is 0 Å². The molecule has 8 heteroatoms. The highest BCUT2D eigenvalue weighted by atomic mass is 16.5. The van der Waals surface area contributed by atoms with Crippen LogP contribution in [0, 0.1) is 0 Å². The highest BCUT2D eigenvalue weighted by Gasteiger charge is 2.54. The van der Waals surface area contributed by atoms with Gasteiger partial charge in [0, 0.05) is 18.5 Å². The molecule has 2 aromatic rings. The zero-order valence-electron chi connectivity index (χ0n) is 15.4. The average molecular weight is 383 g/mol. The van der Waals surface area contributed by atoms with Crippen molar-refractivity contribution in [2.45, 2.75) is 43.4 Å². The van der Waals surface area contributed by atoms with Gasteiger partial charge in [-0.1, -0.05) is 12.1 Å². The number of hydrogen-bond acceptors (Lipinski definition) is 6. The molecule has 2 aliphatic heterocycles. The Bertz CT molecular complexity index is 975. The van der Waals surface area contributed by atoms with Crippen molar-refractivity contribution >= 4 is 23.0 Å². The number of hydrogen-bond donors (Lipinski definition) is 2. The van der Waals surface area contributed by atoms with Crippen LogP contribution in [0.5, 0.6) is 5.88 Å². The standard InChI is InChI=1S/C20H21N3O5/c1-23-12-6-7-20(23,14(19(26)27)9-18(24)25)10-13(8-12)28-17-11-21-15-4-2-3-5-16(15)22-17/h2-5,9,11-13H,6-8,10H2,1H3,(H,24,25)(H,26,27)/b14-9-. The largest absolute Gasteiger partial charge is 0.478 e. The van der Waals surface area contributed by atoms with Gasteiger partial charge in [0.15, 0.2) is 0 Å². The summed E-state index contributed by atoms with van der Waals surface area (Å²) in [6, 6.07) is 7.61. The predicted octanol–water partition coefficient (Wildman–Crippen LogP) is 2.10. The number of para-hydroxylation sites is 2. The van der Waals surface area contributed by atoms with Crippen LogP contribution in [0.2, 0.25) is 0 Å². The Morgan fingerprint density at radius 1 is 1.29 bits per heavy atom. The molecule has 0 spiro atoms. The summed E-state index contributed by atoms with van der Waals surface area (Å²) in [4.78, 5) is 33.9. The number of benzene rings is 1. The molecule has 0 aliphatic carbocycles. The minimum absolute atomic E-state index is 0.0945. The van der Waals surface area contributed by atoms with E-state index < -0.39 is 17.5 Å². The van der Waals surface area contributed by atoms with Gasteiger partial charge in [-0.25, -0.2) is 19.6 Å². The average Bonchev–Trinajstić information content (AvgIpc) is 2.85. The highest BCUT2D eigenvalue weighted by Crippen LogP contribution is 2.48. The molecule has 0 saturated carbocycles. The minimum Gasteiger partial charge on any atom is -0.478 e. The lowest BCUT2D eigenvalue weighted by atomic mass is 9.80. The fourth-order valence-electron chi connectivity index (χ4n) is 4.62. The Labute approximate surface area is 161 Å². The number of piperidine rings is 1. The molecule has 2 fully saturated rings. The molecule has 0 radical (unpaired) electrons. The molecule has 1 aromatic heterocycles. The maximum atomic E-state index is 11.9. The van der Waals surface area contributed by atoms with E-state index in [2.05, 4.69) is 9.97 Å². The molecule has 8 nitrogen and oxygen atoms in total. The lowest BCUT2D eigenvalue weighted by Crippen LogP contribution is -2.55. The molecule has 3 unspecified atom stereocenters. The van der Waals surface area contributed by atoms with E-state index in [4.69, 9.17) is 9.84 Å². The van der Waals surface area contributed by atoms with E-state index in [-0.39, 0.29) is 17.7 Å². The maximum Gasteiger partial charge on any atom is 0.333 e. The number of fused-ring (bicyclic) bond motifs is 3. The normalized spacial score (nSPS) is 27.7. The smallest absolute Gasteiger partial charge is 0.333 e. The van der Waals surface area contributed by atoms with Gasteiger partial charge in [0.1, 0.15) is 6.10 Å². The quantitative estimate of drug-likeness (QED) is 0.755. The molecule has 1 aromatic carbocycles. The molecule has 28 heavy (non-hydrogen) atoms. The third-order valence-electron chi connectivity index (χ3n) is 5.93. The molecule has 2 aliphatic rings. The van der Waals surface area contributed by atoms with Gasteiger partial charge in [0.25, 0.3) is 0 Å². The fourth-order valence-corrected chi connectivity index (χ4v) is 4.62. The summed E-state index contributed by atoms with van der Waals surface area (Å²) < 4.78 is 6.08. The first-order chi connectivity index (χ1) is 13.4. The third kappa shape index (κ3) is 3.09. The molecular weight excluding hydrogens is 362 g/mol. The summed E-state index contributed by atoms with van der Waals surface area (Å²) in [7, 11) is 1.86. The monoisotopic (exact) mass is 383 g/mol. The topological polar surface area (TPSA) is 113 Å². The van der Waals surface area contributed by atoms with Crippen LogP contribution in [0.4, 0.5) is 0 Å². The minimum atomic E-state index is -1.26. The van der Waals surface area contributed by atoms with Crippen molar-refractivity contribution in [3.8, 4) is 5.88 Å². The van der Waals surface area contributed by atoms with E-state index >= 15 is 0 Å². The van der Waals surface area contributed by atoms with Gasteiger partial charge in [-0.15, -0.1) is 0 Å². The first-order valence-corrected chi connectivity index (χ1v) is 9.19. The predicted molar refractivity (Wildman–Crippen MR) is 100 cm³/mol. The van der Waals surface area contributed by atoms with E-state index in [0.717, 1.165) is 30.0 Å². The highest BCUT2D eigenvalue weighted by molar-refractivity contribution is 5.96. The Morgan fingerprint density at radius 3 is 2.75 bits per heavy atom. The van der Waals surface area contributed by atoms with Crippen molar-refractivity contribution in [2.24, 2.45) is 0 Å². The first-order valence-electron chi connectivity index (χ1n) is 9.19. The van der Waals surface area contributed by atoms with Crippen molar-refractivity contribution in [1.29, 1.82) is 0 Å². The molecule has 2 saturated heterocycles. The van der Waals surface area contributed by atoms with Gasteiger partial charge in [-0.05, 0) is 38.4 Å².